The van der Waals surface area contributed by atoms with Crippen LogP contribution in [-0.2, 0) is 11.8 Å². The SMILES string of the molecule is CCC(O)(CC)CCCCN(C)C(=O)c1c(N(C)C=O)ncn1C. The van der Waals surface area contributed by atoms with Crippen LogP contribution in [0.1, 0.15) is 56.4 Å². The first kappa shape index (κ1) is 20.2. The van der Waals surface area contributed by atoms with Gasteiger partial charge in [-0.25, -0.2) is 4.98 Å². The molecule has 0 aliphatic carbocycles. The first-order valence-corrected chi connectivity index (χ1v) is 8.47. The largest absolute Gasteiger partial charge is 0.390 e. The summed E-state index contributed by atoms with van der Waals surface area (Å²) in [5.74, 6) is 0.190. The second-order valence-electron chi connectivity index (χ2n) is 6.36. The van der Waals surface area contributed by atoms with Gasteiger partial charge in [0, 0.05) is 27.7 Å². The molecule has 0 aliphatic heterocycles. The number of rotatable bonds is 10. The van der Waals surface area contributed by atoms with E-state index >= 15 is 0 Å². The van der Waals surface area contributed by atoms with Gasteiger partial charge < -0.3 is 19.5 Å². The molecule has 24 heavy (non-hydrogen) atoms. The van der Waals surface area contributed by atoms with Crippen LogP contribution < -0.4 is 4.90 Å². The van der Waals surface area contributed by atoms with E-state index in [-0.39, 0.29) is 5.91 Å². The van der Waals surface area contributed by atoms with Crippen LogP contribution in [0.15, 0.2) is 6.33 Å². The van der Waals surface area contributed by atoms with Crippen LogP contribution in [0.5, 0.6) is 0 Å². The zero-order valence-corrected chi connectivity index (χ0v) is 15.4. The number of imidazole rings is 1. The number of amides is 2. The fourth-order valence-corrected chi connectivity index (χ4v) is 2.66. The lowest BCUT2D eigenvalue weighted by Crippen LogP contribution is -2.32. The molecule has 7 nitrogen and oxygen atoms in total. The molecule has 1 aromatic heterocycles. The number of aromatic nitrogens is 2. The van der Waals surface area contributed by atoms with Gasteiger partial charge in [0.05, 0.1) is 11.9 Å². The highest BCUT2D eigenvalue weighted by Crippen LogP contribution is 2.22. The Labute approximate surface area is 144 Å². The minimum atomic E-state index is -0.593. The predicted molar refractivity (Wildman–Crippen MR) is 94.0 cm³/mol. The number of unbranched alkanes of at least 4 members (excludes halogenated alkanes) is 1. The molecule has 2 amide bonds. The molecule has 0 fully saturated rings. The van der Waals surface area contributed by atoms with Crippen molar-refractivity contribution in [3.8, 4) is 0 Å². The van der Waals surface area contributed by atoms with Crippen molar-refractivity contribution in [2.75, 3.05) is 25.5 Å². The molecule has 0 atom stereocenters. The van der Waals surface area contributed by atoms with E-state index in [1.807, 2.05) is 13.8 Å². The number of hydrogen-bond acceptors (Lipinski definition) is 4. The Morgan fingerprint density at radius 1 is 1.33 bits per heavy atom. The maximum absolute atomic E-state index is 12.6. The number of aryl methyl sites for hydroxylation is 1. The summed E-state index contributed by atoms with van der Waals surface area (Å²) in [6, 6.07) is 0. The first-order chi connectivity index (χ1) is 11.3. The Balaban J connectivity index is 2.63. The summed E-state index contributed by atoms with van der Waals surface area (Å²) in [6.07, 6.45) is 6.08. The maximum Gasteiger partial charge on any atom is 0.274 e. The van der Waals surface area contributed by atoms with Gasteiger partial charge in [-0.15, -0.1) is 0 Å². The lowest BCUT2D eigenvalue weighted by molar-refractivity contribution is -0.107. The van der Waals surface area contributed by atoms with Crippen molar-refractivity contribution in [3.63, 3.8) is 0 Å². The Hall–Kier alpha value is -1.89. The van der Waals surface area contributed by atoms with Crippen LogP contribution in [0.3, 0.4) is 0 Å². The van der Waals surface area contributed by atoms with Gasteiger partial charge in [-0.05, 0) is 32.1 Å². The third-order valence-electron chi connectivity index (χ3n) is 4.66. The van der Waals surface area contributed by atoms with Crippen molar-refractivity contribution in [3.05, 3.63) is 12.0 Å². The summed E-state index contributed by atoms with van der Waals surface area (Å²) in [7, 11) is 5.05. The number of anilines is 1. The van der Waals surface area contributed by atoms with Crippen LogP contribution >= 0.6 is 0 Å². The van der Waals surface area contributed by atoms with Gasteiger partial charge in [0.2, 0.25) is 6.41 Å². The molecular formula is C17H30N4O3. The van der Waals surface area contributed by atoms with Crippen molar-refractivity contribution in [1.82, 2.24) is 14.5 Å². The van der Waals surface area contributed by atoms with Crippen LogP contribution in [0.4, 0.5) is 5.82 Å². The van der Waals surface area contributed by atoms with Crippen molar-refractivity contribution in [2.45, 2.75) is 51.6 Å². The van der Waals surface area contributed by atoms with E-state index < -0.39 is 5.60 Å². The Bertz CT molecular complexity index is 552. The molecule has 0 spiro atoms. The van der Waals surface area contributed by atoms with E-state index in [0.29, 0.717) is 24.5 Å². The van der Waals surface area contributed by atoms with Crippen LogP contribution in [0.25, 0.3) is 0 Å². The molecular weight excluding hydrogens is 308 g/mol. The molecule has 0 bridgehead atoms. The highest BCUT2D eigenvalue weighted by atomic mass is 16.3. The van der Waals surface area contributed by atoms with Gasteiger partial charge in [0.1, 0.15) is 0 Å². The third-order valence-corrected chi connectivity index (χ3v) is 4.66. The summed E-state index contributed by atoms with van der Waals surface area (Å²) in [5, 5.41) is 10.3. The van der Waals surface area contributed by atoms with Crippen LogP contribution in [0.2, 0.25) is 0 Å². The van der Waals surface area contributed by atoms with Gasteiger partial charge >= 0.3 is 0 Å². The van der Waals surface area contributed by atoms with Crippen molar-refractivity contribution in [1.29, 1.82) is 0 Å². The first-order valence-electron chi connectivity index (χ1n) is 8.47. The molecule has 1 N–H and O–H groups in total. The topological polar surface area (TPSA) is 78.7 Å². The fraction of sp³-hybridized carbons (Fsp3) is 0.706. The lowest BCUT2D eigenvalue weighted by Gasteiger charge is -2.25. The Morgan fingerprint density at radius 2 is 1.96 bits per heavy atom. The number of carbonyl (C=O) groups is 2. The molecule has 0 aromatic carbocycles. The smallest absolute Gasteiger partial charge is 0.274 e. The molecule has 0 saturated carbocycles. The molecule has 136 valence electrons. The number of aliphatic hydroxyl groups is 1. The van der Waals surface area contributed by atoms with Crippen LogP contribution in [-0.4, -0.2) is 58.1 Å². The Kier molecular flexibility index (Phi) is 7.41. The highest BCUT2D eigenvalue weighted by molar-refractivity contribution is 5.99. The molecule has 1 rings (SSSR count). The molecule has 1 heterocycles. The van der Waals surface area contributed by atoms with E-state index in [9.17, 15) is 14.7 Å². The van der Waals surface area contributed by atoms with E-state index in [4.69, 9.17) is 0 Å². The van der Waals surface area contributed by atoms with E-state index in [2.05, 4.69) is 4.98 Å². The third kappa shape index (κ3) is 4.80. The van der Waals surface area contributed by atoms with Gasteiger partial charge in [0.25, 0.3) is 5.91 Å². The average molecular weight is 338 g/mol. The van der Waals surface area contributed by atoms with Gasteiger partial charge in [-0.1, -0.05) is 13.8 Å². The fourth-order valence-electron chi connectivity index (χ4n) is 2.66. The minimum Gasteiger partial charge on any atom is -0.390 e. The highest BCUT2D eigenvalue weighted by Gasteiger charge is 2.24. The molecule has 7 heteroatoms. The summed E-state index contributed by atoms with van der Waals surface area (Å²) < 4.78 is 1.63. The van der Waals surface area contributed by atoms with Crippen molar-refractivity contribution >= 4 is 18.1 Å². The zero-order chi connectivity index (χ0) is 18.3. The standard InChI is InChI=1S/C17H30N4O3/c1-6-17(24,7-2)10-8-9-11-19(3)16(23)14-15(21(5)13-22)18-12-20(14)4/h12-13,24H,6-11H2,1-5H3. The van der Waals surface area contributed by atoms with Crippen molar-refractivity contribution in [2.24, 2.45) is 7.05 Å². The molecule has 0 saturated heterocycles. The Morgan fingerprint density at radius 3 is 2.50 bits per heavy atom. The van der Waals surface area contributed by atoms with E-state index in [1.54, 1.807) is 30.6 Å². The summed E-state index contributed by atoms with van der Waals surface area (Å²) in [5.41, 5.74) is -0.199. The number of carbonyl (C=O) groups excluding carboxylic acids is 2. The lowest BCUT2D eigenvalue weighted by atomic mass is 9.91. The normalized spacial score (nSPS) is 11.4. The van der Waals surface area contributed by atoms with E-state index in [0.717, 1.165) is 32.1 Å². The van der Waals surface area contributed by atoms with Crippen LogP contribution in [0, 0.1) is 0 Å². The van der Waals surface area contributed by atoms with Gasteiger partial charge in [0.15, 0.2) is 11.5 Å². The zero-order valence-electron chi connectivity index (χ0n) is 15.4. The van der Waals surface area contributed by atoms with Gasteiger partial charge in [-0.2, -0.15) is 0 Å². The molecule has 0 unspecified atom stereocenters. The molecule has 0 radical (unpaired) electrons. The van der Waals surface area contributed by atoms with Crippen molar-refractivity contribution < 1.29 is 14.7 Å². The average Bonchev–Trinajstić information content (AvgIpc) is 2.98. The second-order valence-corrected chi connectivity index (χ2v) is 6.36. The summed E-state index contributed by atoms with van der Waals surface area (Å²) in [6.45, 7) is 4.58. The molecule has 1 aromatic rings. The predicted octanol–water partition coefficient (Wildman–Crippen LogP) is 1.81. The number of nitrogens with zero attached hydrogens (tertiary/aromatic N) is 4. The van der Waals surface area contributed by atoms with E-state index in [1.165, 1.54) is 11.2 Å². The van der Waals surface area contributed by atoms with Gasteiger partial charge in [-0.3, -0.25) is 9.59 Å². The quantitative estimate of drug-likeness (QED) is 0.521. The maximum atomic E-state index is 12.6. The monoisotopic (exact) mass is 338 g/mol. The second kappa shape index (κ2) is 8.82. The summed E-state index contributed by atoms with van der Waals surface area (Å²) >= 11 is 0. The summed E-state index contributed by atoms with van der Waals surface area (Å²) in [4.78, 5) is 30.6. The molecule has 0 aliphatic rings. The minimum absolute atomic E-state index is 0.167. The number of hydrogen-bond donors (Lipinski definition) is 1.